The number of alkyl halides is 3. The van der Waals surface area contributed by atoms with Crippen molar-refractivity contribution in [1.29, 1.82) is 0 Å². The zero-order valence-electron chi connectivity index (χ0n) is 7.72. The predicted octanol–water partition coefficient (Wildman–Crippen LogP) is 2.78. The van der Waals surface area contributed by atoms with Crippen molar-refractivity contribution in [3.63, 3.8) is 0 Å². The van der Waals surface area contributed by atoms with E-state index in [1.54, 1.807) is 13.8 Å². The van der Waals surface area contributed by atoms with Crippen LogP contribution in [0.1, 0.15) is 35.3 Å². The molecule has 0 radical (unpaired) electrons. The molecule has 1 rings (SSSR count). The molecule has 0 amide bonds. The number of rotatable bonds is 2. The Morgan fingerprint density at radius 1 is 1.43 bits per heavy atom. The van der Waals surface area contributed by atoms with Gasteiger partial charge < -0.3 is 5.11 Å². The third kappa shape index (κ3) is 2.24. The van der Waals surface area contributed by atoms with Gasteiger partial charge in [-0.15, -0.1) is 11.3 Å². The van der Waals surface area contributed by atoms with Crippen LogP contribution in [0.2, 0.25) is 0 Å². The predicted molar refractivity (Wildman–Crippen MR) is 47.1 cm³/mol. The summed E-state index contributed by atoms with van der Waals surface area (Å²) in [6.07, 6.45) is -4.43. The Labute approximate surface area is 83.4 Å². The summed E-state index contributed by atoms with van der Waals surface area (Å²) in [5.41, 5.74) is -0.860. The molecule has 0 unspecified atom stereocenters. The fourth-order valence-electron chi connectivity index (χ4n) is 1.04. The summed E-state index contributed by atoms with van der Waals surface area (Å²) in [6, 6.07) is 0. The summed E-state index contributed by atoms with van der Waals surface area (Å²) < 4.78 is 37.3. The van der Waals surface area contributed by atoms with Gasteiger partial charge >= 0.3 is 6.18 Å². The molecule has 0 bridgehead atoms. The highest BCUT2D eigenvalue weighted by Crippen LogP contribution is 2.37. The van der Waals surface area contributed by atoms with Crippen molar-refractivity contribution in [3.8, 4) is 0 Å². The SMILES string of the molecule is CC(C)c1sc(CO)nc1C(F)(F)F. The van der Waals surface area contributed by atoms with E-state index < -0.39 is 18.5 Å². The first kappa shape index (κ1) is 11.5. The van der Waals surface area contributed by atoms with Crippen LogP contribution in [0.25, 0.3) is 0 Å². The zero-order valence-corrected chi connectivity index (χ0v) is 8.54. The van der Waals surface area contributed by atoms with Gasteiger partial charge in [0, 0.05) is 4.88 Å². The summed E-state index contributed by atoms with van der Waals surface area (Å²) in [6.45, 7) is 2.90. The van der Waals surface area contributed by atoms with Crippen LogP contribution in [0.15, 0.2) is 0 Å². The maximum atomic E-state index is 12.4. The Hall–Kier alpha value is -0.620. The number of halogens is 3. The standard InChI is InChI=1S/C8H10F3NOS/c1-4(2)6-7(8(9,10)11)12-5(3-13)14-6/h4,13H,3H2,1-2H3. The van der Waals surface area contributed by atoms with Crippen LogP contribution in [0.3, 0.4) is 0 Å². The molecule has 1 N–H and O–H groups in total. The summed E-state index contributed by atoms with van der Waals surface area (Å²) in [5, 5.41) is 8.82. The van der Waals surface area contributed by atoms with Crippen LogP contribution >= 0.6 is 11.3 Å². The van der Waals surface area contributed by atoms with Crippen molar-refractivity contribution < 1.29 is 18.3 Å². The maximum Gasteiger partial charge on any atom is 0.434 e. The Balaban J connectivity index is 3.19. The largest absolute Gasteiger partial charge is 0.434 e. The van der Waals surface area contributed by atoms with E-state index in [-0.39, 0.29) is 15.8 Å². The van der Waals surface area contributed by atoms with E-state index in [1.807, 2.05) is 0 Å². The average Bonchev–Trinajstić information content (AvgIpc) is 2.46. The molecule has 0 saturated heterocycles. The van der Waals surface area contributed by atoms with Crippen molar-refractivity contribution in [2.24, 2.45) is 0 Å². The molecule has 0 atom stereocenters. The van der Waals surface area contributed by atoms with E-state index in [9.17, 15) is 13.2 Å². The molecule has 0 aliphatic rings. The van der Waals surface area contributed by atoms with Crippen LogP contribution in [-0.2, 0) is 12.8 Å². The van der Waals surface area contributed by atoms with Gasteiger partial charge in [-0.1, -0.05) is 13.8 Å². The average molecular weight is 225 g/mol. The lowest BCUT2D eigenvalue weighted by molar-refractivity contribution is -0.141. The second-order valence-electron chi connectivity index (χ2n) is 3.13. The summed E-state index contributed by atoms with van der Waals surface area (Å²) in [4.78, 5) is 3.55. The Bertz CT molecular complexity index is 319. The number of hydrogen-bond donors (Lipinski definition) is 1. The lowest BCUT2D eigenvalue weighted by Crippen LogP contribution is -2.09. The smallest absolute Gasteiger partial charge is 0.389 e. The van der Waals surface area contributed by atoms with E-state index in [0.29, 0.717) is 0 Å². The molecule has 1 aromatic heterocycles. The van der Waals surface area contributed by atoms with E-state index in [0.717, 1.165) is 11.3 Å². The van der Waals surface area contributed by atoms with E-state index >= 15 is 0 Å². The van der Waals surface area contributed by atoms with Crippen molar-refractivity contribution in [2.45, 2.75) is 32.5 Å². The molecule has 0 fully saturated rings. The molecular weight excluding hydrogens is 215 g/mol. The number of nitrogens with zero attached hydrogens (tertiary/aromatic N) is 1. The van der Waals surface area contributed by atoms with Crippen molar-refractivity contribution in [3.05, 3.63) is 15.6 Å². The minimum absolute atomic E-state index is 0.112. The second kappa shape index (κ2) is 3.86. The lowest BCUT2D eigenvalue weighted by Gasteiger charge is -2.07. The Morgan fingerprint density at radius 2 is 2.00 bits per heavy atom. The van der Waals surface area contributed by atoms with E-state index in [4.69, 9.17) is 5.11 Å². The molecule has 1 aromatic rings. The van der Waals surface area contributed by atoms with E-state index in [2.05, 4.69) is 4.98 Å². The van der Waals surface area contributed by atoms with E-state index in [1.165, 1.54) is 0 Å². The molecule has 0 saturated carbocycles. The van der Waals surface area contributed by atoms with Crippen LogP contribution in [-0.4, -0.2) is 10.1 Å². The zero-order chi connectivity index (χ0) is 10.9. The molecular formula is C8H10F3NOS. The molecule has 0 aliphatic heterocycles. The minimum atomic E-state index is -4.43. The van der Waals surface area contributed by atoms with Crippen molar-refractivity contribution in [1.82, 2.24) is 4.98 Å². The number of aliphatic hydroxyl groups excluding tert-OH is 1. The molecule has 80 valence electrons. The first-order valence-electron chi connectivity index (χ1n) is 4.04. The normalized spacial score (nSPS) is 12.5. The summed E-state index contributed by atoms with van der Waals surface area (Å²) in [7, 11) is 0. The highest BCUT2D eigenvalue weighted by Gasteiger charge is 2.37. The highest BCUT2D eigenvalue weighted by molar-refractivity contribution is 7.11. The van der Waals surface area contributed by atoms with Gasteiger partial charge in [0.25, 0.3) is 0 Å². The Kier molecular flexibility index (Phi) is 3.16. The maximum absolute atomic E-state index is 12.4. The van der Waals surface area contributed by atoms with Gasteiger partial charge in [0.2, 0.25) is 0 Å². The lowest BCUT2D eigenvalue weighted by atomic mass is 10.1. The minimum Gasteiger partial charge on any atom is -0.389 e. The fraction of sp³-hybridized carbons (Fsp3) is 0.625. The van der Waals surface area contributed by atoms with Crippen LogP contribution in [0.5, 0.6) is 0 Å². The molecule has 14 heavy (non-hydrogen) atoms. The third-order valence-corrected chi connectivity index (χ3v) is 2.97. The molecule has 0 aliphatic carbocycles. The first-order chi connectivity index (χ1) is 6.36. The number of aromatic nitrogens is 1. The van der Waals surface area contributed by atoms with Gasteiger partial charge in [0.15, 0.2) is 5.69 Å². The number of hydrogen-bond acceptors (Lipinski definition) is 3. The second-order valence-corrected chi connectivity index (χ2v) is 4.25. The Morgan fingerprint density at radius 3 is 2.29 bits per heavy atom. The topological polar surface area (TPSA) is 33.1 Å². The molecule has 2 nitrogen and oxygen atoms in total. The molecule has 0 aromatic carbocycles. The number of aliphatic hydroxyl groups is 1. The molecule has 6 heteroatoms. The van der Waals surface area contributed by atoms with Gasteiger partial charge in [-0.05, 0) is 5.92 Å². The molecule has 1 heterocycles. The number of thiazole rings is 1. The summed E-state index contributed by atoms with van der Waals surface area (Å²) >= 11 is 0.913. The van der Waals surface area contributed by atoms with Gasteiger partial charge in [-0.2, -0.15) is 13.2 Å². The van der Waals surface area contributed by atoms with Crippen molar-refractivity contribution >= 4 is 11.3 Å². The quantitative estimate of drug-likeness (QED) is 0.839. The highest BCUT2D eigenvalue weighted by atomic mass is 32.1. The van der Waals surface area contributed by atoms with Gasteiger partial charge in [-0.3, -0.25) is 0 Å². The van der Waals surface area contributed by atoms with Crippen LogP contribution in [0, 0.1) is 0 Å². The van der Waals surface area contributed by atoms with Gasteiger partial charge in [0.05, 0.1) is 6.61 Å². The first-order valence-corrected chi connectivity index (χ1v) is 4.85. The molecule has 0 spiro atoms. The van der Waals surface area contributed by atoms with Gasteiger partial charge in [-0.25, -0.2) is 4.98 Å². The monoisotopic (exact) mass is 225 g/mol. The third-order valence-electron chi connectivity index (χ3n) is 1.63. The fourth-order valence-corrected chi connectivity index (χ4v) is 1.99. The van der Waals surface area contributed by atoms with Crippen LogP contribution in [0.4, 0.5) is 13.2 Å². The van der Waals surface area contributed by atoms with Gasteiger partial charge in [0.1, 0.15) is 5.01 Å². The summed E-state index contributed by atoms with van der Waals surface area (Å²) in [5.74, 6) is -0.232. The van der Waals surface area contributed by atoms with Crippen molar-refractivity contribution in [2.75, 3.05) is 0 Å². The van der Waals surface area contributed by atoms with Crippen LogP contribution < -0.4 is 0 Å².